The summed E-state index contributed by atoms with van der Waals surface area (Å²) in [5.74, 6) is -0.571. The molecule has 0 aliphatic rings. The summed E-state index contributed by atoms with van der Waals surface area (Å²) in [6, 6.07) is 10.8. The lowest BCUT2D eigenvalue weighted by atomic mass is 10.1. The number of hydrogen-bond donors (Lipinski definition) is 3. The summed E-state index contributed by atoms with van der Waals surface area (Å²) in [4.78, 5) is 3.25. The smallest absolute Gasteiger partial charge is 0.170 e. The number of aryl methyl sites for hydroxylation is 1. The predicted molar refractivity (Wildman–Crippen MR) is 97.3 cm³/mol. The van der Waals surface area contributed by atoms with Crippen molar-refractivity contribution in [2.45, 2.75) is 13.3 Å². The summed E-state index contributed by atoms with van der Waals surface area (Å²) >= 11 is 5.21. The molecule has 1 heterocycles. The molecule has 3 N–H and O–H groups in total. The average molecular weight is 345 g/mol. The highest BCUT2D eigenvalue weighted by Gasteiger charge is 2.09. The Kier molecular flexibility index (Phi) is 4.76. The molecule has 0 amide bonds. The third-order valence-corrected chi connectivity index (χ3v) is 4.07. The number of nitrogens with one attached hydrogen (secondary N) is 3. The van der Waals surface area contributed by atoms with Crippen LogP contribution in [0.1, 0.15) is 11.3 Å². The van der Waals surface area contributed by atoms with Crippen LogP contribution in [0.15, 0.2) is 42.5 Å². The Morgan fingerprint density at radius 1 is 1.12 bits per heavy atom. The van der Waals surface area contributed by atoms with Crippen molar-refractivity contribution in [1.82, 2.24) is 10.3 Å². The first kappa shape index (κ1) is 16.4. The minimum Gasteiger partial charge on any atom is -0.362 e. The monoisotopic (exact) mass is 345 g/mol. The van der Waals surface area contributed by atoms with E-state index in [1.54, 1.807) is 18.2 Å². The van der Waals surface area contributed by atoms with Crippen LogP contribution in [0.3, 0.4) is 0 Å². The van der Waals surface area contributed by atoms with Crippen LogP contribution in [-0.2, 0) is 6.42 Å². The minimum atomic E-state index is -0.320. The molecule has 24 heavy (non-hydrogen) atoms. The summed E-state index contributed by atoms with van der Waals surface area (Å²) in [7, 11) is 0. The Morgan fingerprint density at radius 3 is 2.71 bits per heavy atom. The van der Waals surface area contributed by atoms with Crippen molar-refractivity contribution in [2.24, 2.45) is 0 Å². The van der Waals surface area contributed by atoms with E-state index in [0.717, 1.165) is 22.2 Å². The number of anilines is 1. The lowest BCUT2D eigenvalue weighted by Gasteiger charge is -2.10. The quantitative estimate of drug-likeness (QED) is 0.618. The molecule has 0 spiro atoms. The van der Waals surface area contributed by atoms with Gasteiger partial charge in [0.1, 0.15) is 11.6 Å². The Balaban J connectivity index is 1.61. The van der Waals surface area contributed by atoms with E-state index in [-0.39, 0.29) is 11.6 Å². The molecular formula is C18H17F2N3S. The highest BCUT2D eigenvalue weighted by Crippen LogP contribution is 2.23. The fourth-order valence-electron chi connectivity index (χ4n) is 2.72. The molecule has 0 unspecified atom stereocenters. The van der Waals surface area contributed by atoms with Gasteiger partial charge in [-0.15, -0.1) is 0 Å². The molecule has 0 fully saturated rings. The first-order valence-corrected chi connectivity index (χ1v) is 8.01. The number of hydrogen-bond acceptors (Lipinski definition) is 1. The maximum Gasteiger partial charge on any atom is 0.170 e. The Labute approximate surface area is 144 Å². The number of benzene rings is 2. The van der Waals surface area contributed by atoms with Gasteiger partial charge in [-0.05, 0) is 67.5 Å². The summed E-state index contributed by atoms with van der Waals surface area (Å²) in [6.45, 7) is 2.56. The number of H-pyrrole nitrogens is 1. The normalized spacial score (nSPS) is 10.8. The van der Waals surface area contributed by atoms with Gasteiger partial charge in [0.15, 0.2) is 5.11 Å². The number of halogens is 2. The first-order chi connectivity index (χ1) is 11.5. The van der Waals surface area contributed by atoms with Crippen molar-refractivity contribution in [1.29, 1.82) is 0 Å². The molecule has 0 saturated heterocycles. The van der Waals surface area contributed by atoms with Gasteiger partial charge in [0.25, 0.3) is 0 Å². The number of aromatic nitrogens is 1. The Morgan fingerprint density at radius 2 is 1.92 bits per heavy atom. The topological polar surface area (TPSA) is 39.9 Å². The molecule has 0 saturated carbocycles. The van der Waals surface area contributed by atoms with Crippen molar-refractivity contribution in [3.63, 3.8) is 0 Å². The number of thiocarbonyl (C=S) groups is 1. The van der Waals surface area contributed by atoms with E-state index in [9.17, 15) is 8.78 Å². The van der Waals surface area contributed by atoms with Crippen LogP contribution in [0.25, 0.3) is 10.9 Å². The molecule has 0 atom stereocenters. The minimum absolute atomic E-state index is 0.251. The van der Waals surface area contributed by atoms with Crippen molar-refractivity contribution in [2.75, 3.05) is 11.9 Å². The molecule has 3 nitrogen and oxygen atoms in total. The summed E-state index contributed by atoms with van der Waals surface area (Å²) < 4.78 is 26.6. The molecule has 0 radical (unpaired) electrons. The SMILES string of the molecule is Cc1[nH]c2ccc(F)cc2c1CCNC(=S)Nc1cccc(F)c1. The second kappa shape index (κ2) is 6.97. The molecule has 0 bridgehead atoms. The third kappa shape index (κ3) is 3.71. The summed E-state index contributed by atoms with van der Waals surface area (Å²) in [5, 5.41) is 7.33. The first-order valence-electron chi connectivity index (χ1n) is 7.60. The van der Waals surface area contributed by atoms with Crippen LogP contribution < -0.4 is 10.6 Å². The summed E-state index contributed by atoms with van der Waals surface area (Å²) in [6.07, 6.45) is 0.695. The molecular weight excluding hydrogens is 328 g/mol. The Bertz CT molecular complexity index is 889. The van der Waals surface area contributed by atoms with Gasteiger partial charge in [0, 0.05) is 28.8 Å². The lowest BCUT2D eigenvalue weighted by molar-refractivity contribution is 0.628. The zero-order valence-corrected chi connectivity index (χ0v) is 13.9. The molecule has 3 rings (SSSR count). The van der Waals surface area contributed by atoms with Crippen LogP contribution >= 0.6 is 12.2 Å². The van der Waals surface area contributed by atoms with Gasteiger partial charge in [-0.1, -0.05) is 6.07 Å². The van der Waals surface area contributed by atoms with Crippen LogP contribution in [-0.4, -0.2) is 16.6 Å². The highest BCUT2D eigenvalue weighted by molar-refractivity contribution is 7.80. The van der Waals surface area contributed by atoms with E-state index in [1.165, 1.54) is 24.3 Å². The lowest BCUT2D eigenvalue weighted by Crippen LogP contribution is -2.30. The second-order valence-electron chi connectivity index (χ2n) is 5.56. The number of rotatable bonds is 4. The van der Waals surface area contributed by atoms with E-state index in [0.29, 0.717) is 23.8 Å². The fraction of sp³-hybridized carbons (Fsp3) is 0.167. The molecule has 2 aromatic carbocycles. The standard InChI is InChI=1S/C18H17F2N3S/c1-11-15(16-10-13(20)5-6-17(16)22-11)7-8-21-18(24)23-14-4-2-3-12(19)9-14/h2-6,9-10,22H,7-8H2,1H3,(H2,21,23,24). The number of aromatic amines is 1. The molecule has 3 aromatic rings. The predicted octanol–water partition coefficient (Wildman–Crippen LogP) is 4.28. The van der Waals surface area contributed by atoms with E-state index < -0.39 is 0 Å². The molecule has 0 aliphatic carbocycles. The van der Waals surface area contributed by atoms with Gasteiger partial charge in [0.2, 0.25) is 0 Å². The van der Waals surface area contributed by atoms with E-state index in [4.69, 9.17) is 12.2 Å². The van der Waals surface area contributed by atoms with Gasteiger partial charge in [-0.2, -0.15) is 0 Å². The Hall–Kier alpha value is -2.47. The van der Waals surface area contributed by atoms with Crippen molar-refractivity contribution in [3.8, 4) is 0 Å². The average Bonchev–Trinajstić information content (AvgIpc) is 2.83. The van der Waals surface area contributed by atoms with Crippen LogP contribution in [0.5, 0.6) is 0 Å². The maximum atomic E-state index is 13.5. The van der Waals surface area contributed by atoms with E-state index in [1.807, 2.05) is 6.92 Å². The largest absolute Gasteiger partial charge is 0.362 e. The van der Waals surface area contributed by atoms with Crippen LogP contribution in [0.2, 0.25) is 0 Å². The third-order valence-electron chi connectivity index (χ3n) is 3.82. The maximum absolute atomic E-state index is 13.5. The zero-order valence-electron chi connectivity index (χ0n) is 13.1. The van der Waals surface area contributed by atoms with Crippen molar-refractivity contribution < 1.29 is 8.78 Å². The van der Waals surface area contributed by atoms with Gasteiger partial charge in [-0.3, -0.25) is 0 Å². The molecule has 1 aromatic heterocycles. The van der Waals surface area contributed by atoms with Gasteiger partial charge in [0.05, 0.1) is 0 Å². The van der Waals surface area contributed by atoms with Gasteiger partial charge < -0.3 is 15.6 Å². The van der Waals surface area contributed by atoms with E-state index in [2.05, 4.69) is 15.6 Å². The number of fused-ring (bicyclic) bond motifs is 1. The molecule has 124 valence electrons. The van der Waals surface area contributed by atoms with Crippen molar-refractivity contribution in [3.05, 3.63) is 65.4 Å². The zero-order chi connectivity index (χ0) is 17.1. The fourth-order valence-corrected chi connectivity index (χ4v) is 2.94. The molecule has 6 heteroatoms. The second-order valence-corrected chi connectivity index (χ2v) is 5.97. The van der Waals surface area contributed by atoms with Gasteiger partial charge in [-0.25, -0.2) is 8.78 Å². The van der Waals surface area contributed by atoms with E-state index >= 15 is 0 Å². The van der Waals surface area contributed by atoms with Gasteiger partial charge >= 0.3 is 0 Å². The highest BCUT2D eigenvalue weighted by atomic mass is 32.1. The van der Waals surface area contributed by atoms with Crippen LogP contribution in [0.4, 0.5) is 14.5 Å². The summed E-state index contributed by atoms with van der Waals surface area (Å²) in [5.41, 5.74) is 3.59. The van der Waals surface area contributed by atoms with Crippen molar-refractivity contribution >= 4 is 33.9 Å². The molecule has 0 aliphatic heterocycles. The van der Waals surface area contributed by atoms with Crippen LogP contribution in [0, 0.1) is 18.6 Å².